The topological polar surface area (TPSA) is 106 Å². The van der Waals surface area contributed by atoms with Crippen molar-refractivity contribution in [3.63, 3.8) is 0 Å². The van der Waals surface area contributed by atoms with Crippen molar-refractivity contribution in [1.82, 2.24) is 9.55 Å². The predicted octanol–water partition coefficient (Wildman–Crippen LogP) is 9.74. The highest BCUT2D eigenvalue weighted by Crippen LogP contribution is 2.34. The van der Waals surface area contributed by atoms with E-state index in [1.807, 2.05) is 42.6 Å². The smallest absolute Gasteiger partial charge is 0.303 e. The van der Waals surface area contributed by atoms with Crippen LogP contribution in [0.3, 0.4) is 0 Å². The van der Waals surface area contributed by atoms with Gasteiger partial charge >= 0.3 is 5.97 Å². The van der Waals surface area contributed by atoms with Crippen LogP contribution in [0.4, 0.5) is 11.4 Å². The van der Waals surface area contributed by atoms with E-state index in [1.165, 1.54) is 0 Å². The minimum absolute atomic E-state index is 0.0951. The first-order valence-corrected chi connectivity index (χ1v) is 19.9. The Hall–Kier alpha value is -4.54. The number of unbranched alkanes of at least 4 members (excludes halogenated alkanes) is 1. The van der Waals surface area contributed by atoms with Crippen LogP contribution >= 0.6 is 11.8 Å². The van der Waals surface area contributed by atoms with Crippen molar-refractivity contribution in [3.05, 3.63) is 96.1 Å². The number of amides is 1. The molecular formula is C43H54N4O5S. The zero-order chi connectivity index (χ0) is 37.6. The lowest BCUT2D eigenvalue weighted by molar-refractivity contribution is -0.137. The highest BCUT2D eigenvalue weighted by Gasteiger charge is 2.21. The largest absolute Gasteiger partial charge is 0.491 e. The fraction of sp³-hybridized carbons (Fsp3) is 0.419. The van der Waals surface area contributed by atoms with Crippen LogP contribution in [0.1, 0.15) is 83.6 Å². The molecule has 4 aromatic rings. The average Bonchev–Trinajstić information content (AvgIpc) is 3.54. The lowest BCUT2D eigenvalue weighted by Gasteiger charge is -2.27. The van der Waals surface area contributed by atoms with E-state index in [0.717, 1.165) is 89.1 Å². The average molecular weight is 739 g/mol. The normalized spacial score (nSPS) is 13.3. The Morgan fingerprint density at radius 2 is 1.75 bits per heavy atom. The molecule has 3 aromatic carbocycles. The van der Waals surface area contributed by atoms with E-state index in [4.69, 9.17) is 14.6 Å². The van der Waals surface area contributed by atoms with Crippen molar-refractivity contribution in [2.45, 2.75) is 82.9 Å². The Labute approximate surface area is 318 Å². The number of nitrogens with one attached hydrogen (secondary N) is 1. The van der Waals surface area contributed by atoms with Crippen LogP contribution < -0.4 is 15.0 Å². The summed E-state index contributed by atoms with van der Waals surface area (Å²) < 4.78 is 13.6. The fourth-order valence-electron chi connectivity index (χ4n) is 6.51. The van der Waals surface area contributed by atoms with Gasteiger partial charge in [-0.3, -0.25) is 9.59 Å². The van der Waals surface area contributed by atoms with Gasteiger partial charge in [0.05, 0.1) is 12.4 Å². The van der Waals surface area contributed by atoms with Gasteiger partial charge in [0.25, 0.3) is 5.91 Å². The lowest BCUT2D eigenvalue weighted by atomic mass is 10.00. The number of aromatic nitrogens is 2. The van der Waals surface area contributed by atoms with E-state index in [-0.39, 0.29) is 18.4 Å². The van der Waals surface area contributed by atoms with Gasteiger partial charge in [-0.2, -0.15) is 0 Å². The first-order valence-electron chi connectivity index (χ1n) is 18.9. The Balaban J connectivity index is 1.24. The molecule has 2 heterocycles. The van der Waals surface area contributed by atoms with Gasteiger partial charge in [0, 0.05) is 66.4 Å². The number of hydrogen-bond acceptors (Lipinski definition) is 7. The summed E-state index contributed by atoms with van der Waals surface area (Å²) in [6.07, 6.45) is 10.2. The Morgan fingerprint density at radius 1 is 0.981 bits per heavy atom. The molecule has 1 aliphatic heterocycles. The van der Waals surface area contributed by atoms with Crippen LogP contribution in [0.5, 0.6) is 5.75 Å². The summed E-state index contributed by atoms with van der Waals surface area (Å²) in [5.74, 6) is 2.00. The van der Waals surface area contributed by atoms with Crippen LogP contribution in [0.25, 0.3) is 17.2 Å². The number of carboxylic acids is 1. The molecule has 0 fully saturated rings. The SMILES string of the molecule is CCCCOCCOc1ccc(-c2ccc3c(c2)C=C(C(=O)Nc2ccc(SCc4nccn4C(CC)CCC(=O)O)cc2)CCN3CC(C)C)cc1. The van der Waals surface area contributed by atoms with Crippen molar-refractivity contribution in [1.29, 1.82) is 0 Å². The number of nitrogens with zero attached hydrogens (tertiary/aromatic N) is 3. The highest BCUT2D eigenvalue weighted by atomic mass is 32.2. The second-order valence-electron chi connectivity index (χ2n) is 13.9. The number of rotatable bonds is 20. The van der Waals surface area contributed by atoms with Crippen molar-refractivity contribution >= 4 is 41.1 Å². The third-order valence-corrected chi connectivity index (χ3v) is 10.3. The number of anilines is 2. The van der Waals surface area contributed by atoms with Gasteiger partial charge in [0.15, 0.2) is 0 Å². The molecule has 1 atom stereocenters. The molecule has 5 rings (SSSR count). The number of ether oxygens (including phenoxy) is 2. The molecule has 1 amide bonds. The molecule has 0 radical (unpaired) electrons. The van der Waals surface area contributed by atoms with Crippen LogP contribution in [-0.4, -0.2) is 59.4 Å². The van der Waals surface area contributed by atoms with Crippen molar-refractivity contribution in [2.75, 3.05) is 43.1 Å². The summed E-state index contributed by atoms with van der Waals surface area (Å²) in [6, 6.07) is 22.7. The van der Waals surface area contributed by atoms with Crippen LogP contribution in [0, 0.1) is 5.92 Å². The molecule has 2 N–H and O–H groups in total. The zero-order valence-corrected chi connectivity index (χ0v) is 32.4. The number of imidazole rings is 1. The summed E-state index contributed by atoms with van der Waals surface area (Å²) in [5.41, 5.74) is 5.84. The van der Waals surface area contributed by atoms with E-state index < -0.39 is 5.97 Å². The molecule has 1 unspecified atom stereocenters. The molecule has 1 aromatic heterocycles. The van der Waals surface area contributed by atoms with Crippen molar-refractivity contribution in [3.8, 4) is 16.9 Å². The second-order valence-corrected chi connectivity index (χ2v) is 14.9. The minimum Gasteiger partial charge on any atom is -0.491 e. The van der Waals surface area contributed by atoms with Gasteiger partial charge in [0.1, 0.15) is 18.2 Å². The summed E-state index contributed by atoms with van der Waals surface area (Å²) in [7, 11) is 0. The minimum atomic E-state index is -0.780. The number of aliphatic carboxylic acids is 1. The van der Waals surface area contributed by atoms with Gasteiger partial charge < -0.3 is 29.4 Å². The molecular weight excluding hydrogens is 685 g/mol. The number of benzene rings is 3. The number of thioether (sulfide) groups is 1. The third kappa shape index (κ3) is 11.7. The molecule has 10 heteroatoms. The van der Waals surface area contributed by atoms with Crippen LogP contribution in [0.15, 0.2) is 89.6 Å². The summed E-state index contributed by atoms with van der Waals surface area (Å²) in [5, 5.41) is 12.3. The van der Waals surface area contributed by atoms with Crippen LogP contribution in [0.2, 0.25) is 0 Å². The van der Waals surface area contributed by atoms with Crippen molar-refractivity contribution in [2.24, 2.45) is 5.92 Å². The number of carbonyl (C=O) groups excluding carboxylic acids is 1. The van der Waals surface area contributed by atoms with E-state index in [9.17, 15) is 9.59 Å². The molecule has 0 bridgehead atoms. The van der Waals surface area contributed by atoms with Gasteiger partial charge in [-0.15, -0.1) is 11.8 Å². The van der Waals surface area contributed by atoms with E-state index in [1.54, 1.807) is 18.0 Å². The maximum Gasteiger partial charge on any atom is 0.303 e. The zero-order valence-electron chi connectivity index (χ0n) is 31.6. The van der Waals surface area contributed by atoms with Crippen LogP contribution in [-0.2, 0) is 20.1 Å². The summed E-state index contributed by atoms with van der Waals surface area (Å²) >= 11 is 1.67. The van der Waals surface area contributed by atoms with Gasteiger partial charge in [-0.05, 0) is 103 Å². The van der Waals surface area contributed by atoms with E-state index in [0.29, 0.717) is 37.7 Å². The molecule has 0 saturated heterocycles. The Morgan fingerprint density at radius 3 is 2.47 bits per heavy atom. The fourth-order valence-corrected chi connectivity index (χ4v) is 7.35. The number of fused-ring (bicyclic) bond motifs is 1. The maximum atomic E-state index is 13.7. The molecule has 53 heavy (non-hydrogen) atoms. The molecule has 0 spiro atoms. The highest BCUT2D eigenvalue weighted by molar-refractivity contribution is 7.98. The first kappa shape index (κ1) is 39.7. The van der Waals surface area contributed by atoms with Gasteiger partial charge in [-0.1, -0.05) is 52.3 Å². The molecule has 1 aliphatic rings. The molecule has 0 aliphatic carbocycles. The quantitative estimate of drug-likeness (QED) is 0.0682. The summed E-state index contributed by atoms with van der Waals surface area (Å²) in [6.45, 7) is 12.2. The van der Waals surface area contributed by atoms with Crippen molar-refractivity contribution < 1.29 is 24.2 Å². The maximum absolute atomic E-state index is 13.7. The van der Waals surface area contributed by atoms with E-state index >= 15 is 0 Å². The molecule has 0 saturated carbocycles. The summed E-state index contributed by atoms with van der Waals surface area (Å²) in [4.78, 5) is 32.9. The molecule has 282 valence electrons. The Bertz CT molecular complexity index is 1800. The second kappa shape index (κ2) is 20.1. The lowest BCUT2D eigenvalue weighted by Crippen LogP contribution is -2.29. The van der Waals surface area contributed by atoms with E-state index in [2.05, 4.69) is 83.9 Å². The predicted molar refractivity (Wildman–Crippen MR) is 216 cm³/mol. The van der Waals surface area contributed by atoms with Gasteiger partial charge in [0.2, 0.25) is 0 Å². The number of carboxylic acid groups (broad SMARTS) is 1. The standard InChI is InChI=1S/C43H54N4O5S/c1-5-7-24-51-25-26-52-38-14-8-32(9-15-38)33-10-18-40-35(27-33)28-34(20-22-46(40)29-31(3)4)43(50)45-36-11-16-39(17-12-36)53-30-41-44-21-23-47(41)37(6-2)13-19-42(48)49/h8-12,14-18,21,23,27-28,31,37H,5-7,13,19-20,22,24-26,29-30H2,1-4H3,(H,45,50)(H,48,49). The monoisotopic (exact) mass is 738 g/mol. The third-order valence-electron chi connectivity index (χ3n) is 9.34. The number of carbonyl (C=O) groups is 2. The first-order chi connectivity index (χ1) is 25.7. The van der Waals surface area contributed by atoms with Gasteiger partial charge in [-0.25, -0.2) is 4.98 Å². The number of hydrogen-bond donors (Lipinski definition) is 2. The molecule has 9 nitrogen and oxygen atoms in total. The Kier molecular flexibility index (Phi) is 15.0.